The van der Waals surface area contributed by atoms with Gasteiger partial charge >= 0.3 is 5.97 Å². The van der Waals surface area contributed by atoms with Gasteiger partial charge in [0.2, 0.25) is 0 Å². The lowest BCUT2D eigenvalue weighted by Gasteiger charge is -2.08. The summed E-state index contributed by atoms with van der Waals surface area (Å²) >= 11 is 0. The van der Waals surface area contributed by atoms with E-state index in [4.69, 9.17) is 9.47 Å². The van der Waals surface area contributed by atoms with Crippen molar-refractivity contribution in [3.05, 3.63) is 88.5 Å². The standard InChI is InChI=1S/C23H12N2O7/c26-19-15-7-1-11(9-17(15)21(28)24-19)23(30)32-13-4-2-12(3-5-13)31-14-6-8-16-18(10-14)22(29)25-20(16)27/h1-10H,(H,24,26,28)(H,25,27,29). The summed E-state index contributed by atoms with van der Waals surface area (Å²) in [5, 5.41) is 4.37. The maximum absolute atomic E-state index is 12.4. The van der Waals surface area contributed by atoms with Crippen LogP contribution in [-0.4, -0.2) is 29.6 Å². The number of hydrogen-bond donors (Lipinski definition) is 2. The summed E-state index contributed by atoms with van der Waals surface area (Å²) in [7, 11) is 0. The van der Waals surface area contributed by atoms with Crippen LogP contribution in [0.1, 0.15) is 51.8 Å². The minimum Gasteiger partial charge on any atom is -0.457 e. The van der Waals surface area contributed by atoms with E-state index in [1.165, 1.54) is 42.5 Å². The number of amides is 4. The molecule has 2 N–H and O–H groups in total. The van der Waals surface area contributed by atoms with E-state index in [9.17, 15) is 24.0 Å². The van der Waals surface area contributed by atoms with Crippen LogP contribution < -0.4 is 20.1 Å². The van der Waals surface area contributed by atoms with Gasteiger partial charge < -0.3 is 9.47 Å². The first-order valence-corrected chi connectivity index (χ1v) is 9.38. The molecule has 9 heteroatoms. The molecule has 4 amide bonds. The molecule has 0 spiro atoms. The minimum absolute atomic E-state index is 0.123. The van der Waals surface area contributed by atoms with Gasteiger partial charge in [0, 0.05) is 0 Å². The zero-order valence-electron chi connectivity index (χ0n) is 16.1. The molecule has 0 bridgehead atoms. The highest BCUT2D eigenvalue weighted by atomic mass is 16.5. The summed E-state index contributed by atoms with van der Waals surface area (Å²) in [5.41, 5.74) is 0.986. The van der Waals surface area contributed by atoms with E-state index in [0.717, 1.165) is 0 Å². The average Bonchev–Trinajstić information content (AvgIpc) is 3.23. The van der Waals surface area contributed by atoms with E-state index < -0.39 is 29.6 Å². The Morgan fingerprint density at radius 1 is 0.562 bits per heavy atom. The molecule has 0 fully saturated rings. The highest BCUT2D eigenvalue weighted by Gasteiger charge is 2.28. The van der Waals surface area contributed by atoms with Gasteiger partial charge in [0.25, 0.3) is 23.6 Å². The molecule has 3 aromatic rings. The van der Waals surface area contributed by atoms with Gasteiger partial charge in [0.1, 0.15) is 17.2 Å². The Morgan fingerprint density at radius 2 is 1.06 bits per heavy atom. The zero-order valence-corrected chi connectivity index (χ0v) is 16.1. The Labute approximate surface area is 179 Å². The molecule has 0 aromatic heterocycles. The molecule has 0 atom stereocenters. The molecule has 5 rings (SSSR count). The number of carbonyl (C=O) groups is 5. The summed E-state index contributed by atoms with van der Waals surface area (Å²) in [5.74, 6) is -1.66. The van der Waals surface area contributed by atoms with Gasteiger partial charge in [-0.15, -0.1) is 0 Å². The predicted octanol–water partition coefficient (Wildman–Crippen LogP) is 2.47. The first kappa shape index (κ1) is 19.2. The normalized spacial score (nSPS) is 13.9. The molecule has 2 heterocycles. The lowest BCUT2D eigenvalue weighted by molar-refractivity contribution is 0.0733. The van der Waals surface area contributed by atoms with Crippen molar-refractivity contribution < 1.29 is 33.4 Å². The van der Waals surface area contributed by atoms with E-state index in [1.54, 1.807) is 18.2 Å². The van der Waals surface area contributed by atoms with Crippen molar-refractivity contribution in [1.29, 1.82) is 0 Å². The number of ether oxygens (including phenoxy) is 2. The molecule has 2 aliphatic heterocycles. The second kappa shape index (κ2) is 7.17. The highest BCUT2D eigenvalue weighted by molar-refractivity contribution is 6.22. The second-order valence-electron chi connectivity index (χ2n) is 7.00. The van der Waals surface area contributed by atoms with Gasteiger partial charge in [-0.3, -0.25) is 29.8 Å². The minimum atomic E-state index is -0.692. The third-order valence-electron chi connectivity index (χ3n) is 4.95. The number of hydrogen-bond acceptors (Lipinski definition) is 7. The number of fused-ring (bicyclic) bond motifs is 2. The first-order chi connectivity index (χ1) is 15.4. The lowest BCUT2D eigenvalue weighted by Crippen LogP contribution is -2.19. The van der Waals surface area contributed by atoms with E-state index in [-0.39, 0.29) is 33.6 Å². The Morgan fingerprint density at radius 3 is 1.72 bits per heavy atom. The van der Waals surface area contributed by atoms with Crippen LogP contribution in [0.4, 0.5) is 0 Å². The fourth-order valence-electron chi connectivity index (χ4n) is 3.38. The van der Waals surface area contributed by atoms with Crippen LogP contribution in [0.25, 0.3) is 0 Å². The molecule has 32 heavy (non-hydrogen) atoms. The molecule has 0 saturated heterocycles. The number of esters is 1. The summed E-state index contributed by atoms with van der Waals surface area (Å²) in [6.45, 7) is 0. The number of imide groups is 2. The van der Waals surface area contributed by atoms with Crippen LogP contribution >= 0.6 is 0 Å². The summed E-state index contributed by atoms with van der Waals surface area (Å²) in [6.07, 6.45) is 0. The second-order valence-corrected chi connectivity index (χ2v) is 7.00. The predicted molar refractivity (Wildman–Crippen MR) is 108 cm³/mol. The van der Waals surface area contributed by atoms with Gasteiger partial charge in [-0.05, 0) is 60.7 Å². The Balaban J connectivity index is 1.28. The number of benzene rings is 3. The van der Waals surface area contributed by atoms with E-state index >= 15 is 0 Å². The fraction of sp³-hybridized carbons (Fsp3) is 0. The highest BCUT2D eigenvalue weighted by Crippen LogP contribution is 2.28. The first-order valence-electron chi connectivity index (χ1n) is 9.38. The van der Waals surface area contributed by atoms with E-state index in [2.05, 4.69) is 10.6 Å². The maximum Gasteiger partial charge on any atom is 0.343 e. The van der Waals surface area contributed by atoms with Gasteiger partial charge in [-0.25, -0.2) is 4.79 Å². The van der Waals surface area contributed by atoms with Crippen LogP contribution in [-0.2, 0) is 0 Å². The van der Waals surface area contributed by atoms with Crippen molar-refractivity contribution in [1.82, 2.24) is 10.6 Å². The van der Waals surface area contributed by atoms with E-state index in [0.29, 0.717) is 11.5 Å². The van der Waals surface area contributed by atoms with Crippen LogP contribution in [0.3, 0.4) is 0 Å². The fourth-order valence-corrected chi connectivity index (χ4v) is 3.38. The molecule has 3 aromatic carbocycles. The van der Waals surface area contributed by atoms with Crippen LogP contribution in [0.15, 0.2) is 60.7 Å². The Bertz CT molecular complexity index is 1360. The van der Waals surface area contributed by atoms with Crippen LogP contribution in [0.5, 0.6) is 17.2 Å². The molecule has 156 valence electrons. The van der Waals surface area contributed by atoms with Gasteiger partial charge in [-0.2, -0.15) is 0 Å². The quantitative estimate of drug-likeness (QED) is 0.371. The van der Waals surface area contributed by atoms with Crippen molar-refractivity contribution in [3.63, 3.8) is 0 Å². The van der Waals surface area contributed by atoms with Crippen molar-refractivity contribution >= 4 is 29.6 Å². The Hall–Kier alpha value is -4.79. The maximum atomic E-state index is 12.4. The van der Waals surface area contributed by atoms with Crippen LogP contribution in [0.2, 0.25) is 0 Å². The van der Waals surface area contributed by atoms with Crippen molar-refractivity contribution in [2.24, 2.45) is 0 Å². The van der Waals surface area contributed by atoms with Gasteiger partial charge in [0.05, 0.1) is 27.8 Å². The number of rotatable bonds is 4. The van der Waals surface area contributed by atoms with E-state index in [1.807, 2.05) is 0 Å². The molecule has 0 unspecified atom stereocenters. The third kappa shape index (κ3) is 3.27. The van der Waals surface area contributed by atoms with Crippen molar-refractivity contribution in [3.8, 4) is 17.2 Å². The van der Waals surface area contributed by atoms with Crippen molar-refractivity contribution in [2.75, 3.05) is 0 Å². The molecule has 2 aliphatic rings. The molecular formula is C23H12N2O7. The zero-order chi connectivity index (χ0) is 22.4. The molecule has 9 nitrogen and oxygen atoms in total. The average molecular weight is 428 g/mol. The van der Waals surface area contributed by atoms with Crippen molar-refractivity contribution in [2.45, 2.75) is 0 Å². The largest absolute Gasteiger partial charge is 0.457 e. The SMILES string of the molecule is O=C(Oc1ccc(Oc2ccc3c(c2)C(=O)NC3=O)cc1)c1ccc2c(c1)C(=O)NC2=O. The molecule has 0 saturated carbocycles. The summed E-state index contributed by atoms with van der Waals surface area (Å²) in [6, 6.07) is 14.8. The number of carbonyl (C=O) groups excluding carboxylic acids is 5. The smallest absolute Gasteiger partial charge is 0.343 e. The third-order valence-corrected chi connectivity index (χ3v) is 4.95. The topological polar surface area (TPSA) is 128 Å². The molecule has 0 aliphatic carbocycles. The number of nitrogens with one attached hydrogen (secondary N) is 2. The molecule has 0 radical (unpaired) electrons. The van der Waals surface area contributed by atoms with Crippen LogP contribution in [0, 0.1) is 0 Å². The monoisotopic (exact) mass is 428 g/mol. The lowest BCUT2D eigenvalue weighted by atomic mass is 10.1. The molecular weight excluding hydrogens is 416 g/mol. The van der Waals surface area contributed by atoms with Gasteiger partial charge in [-0.1, -0.05) is 0 Å². The Kier molecular flexibility index (Phi) is 4.30. The summed E-state index contributed by atoms with van der Waals surface area (Å²) < 4.78 is 11.0. The van der Waals surface area contributed by atoms with Gasteiger partial charge in [0.15, 0.2) is 0 Å². The summed E-state index contributed by atoms with van der Waals surface area (Å²) in [4.78, 5) is 59.1.